The molecular formula is C20H24BrN3O2. The molecule has 0 spiro atoms. The van der Waals surface area contributed by atoms with Crippen LogP contribution in [0.2, 0.25) is 0 Å². The Balaban J connectivity index is 1.62. The Morgan fingerprint density at radius 3 is 2.38 bits per heavy atom. The van der Waals surface area contributed by atoms with Crippen LogP contribution in [-0.4, -0.2) is 50.6 Å². The fourth-order valence-corrected chi connectivity index (χ4v) is 3.63. The van der Waals surface area contributed by atoms with Gasteiger partial charge >= 0.3 is 0 Å². The second-order valence-corrected chi connectivity index (χ2v) is 7.13. The summed E-state index contributed by atoms with van der Waals surface area (Å²) in [6.45, 7) is 7.59. The molecule has 0 aliphatic carbocycles. The molecule has 1 fully saturated rings. The molecule has 0 atom stereocenters. The van der Waals surface area contributed by atoms with Crippen molar-refractivity contribution in [3.8, 4) is 5.75 Å². The second-order valence-electron chi connectivity index (χ2n) is 6.27. The molecule has 0 unspecified atom stereocenters. The van der Waals surface area contributed by atoms with E-state index in [1.165, 1.54) is 5.69 Å². The summed E-state index contributed by atoms with van der Waals surface area (Å²) in [6.07, 6.45) is 0. The third kappa shape index (κ3) is 4.37. The van der Waals surface area contributed by atoms with E-state index in [0.717, 1.165) is 42.9 Å². The van der Waals surface area contributed by atoms with Gasteiger partial charge in [-0.15, -0.1) is 0 Å². The van der Waals surface area contributed by atoms with Crippen molar-refractivity contribution >= 4 is 33.2 Å². The van der Waals surface area contributed by atoms with Gasteiger partial charge in [-0.25, -0.2) is 0 Å². The van der Waals surface area contributed by atoms with Crippen molar-refractivity contribution < 1.29 is 9.53 Å². The molecule has 26 heavy (non-hydrogen) atoms. The highest BCUT2D eigenvalue weighted by Gasteiger charge is 2.16. The molecule has 1 aliphatic rings. The lowest BCUT2D eigenvalue weighted by Crippen LogP contribution is -2.46. The fourth-order valence-electron chi connectivity index (χ4n) is 3.09. The molecule has 2 aromatic carbocycles. The molecule has 6 heteroatoms. The summed E-state index contributed by atoms with van der Waals surface area (Å²) >= 11 is 3.41. The number of halogens is 1. The van der Waals surface area contributed by atoms with Gasteiger partial charge < -0.3 is 19.9 Å². The van der Waals surface area contributed by atoms with Crippen LogP contribution in [0.15, 0.2) is 46.9 Å². The topological polar surface area (TPSA) is 44.8 Å². The summed E-state index contributed by atoms with van der Waals surface area (Å²) in [5.41, 5.74) is 2.57. The number of amides is 1. The predicted molar refractivity (Wildman–Crippen MR) is 109 cm³/mol. The molecule has 0 aromatic heterocycles. The first-order valence-corrected chi connectivity index (χ1v) is 9.62. The van der Waals surface area contributed by atoms with Gasteiger partial charge in [-0.3, -0.25) is 4.79 Å². The van der Waals surface area contributed by atoms with Crippen LogP contribution >= 0.6 is 15.9 Å². The van der Waals surface area contributed by atoms with Crippen LogP contribution in [0.5, 0.6) is 5.75 Å². The van der Waals surface area contributed by atoms with Crippen molar-refractivity contribution in [3.05, 3.63) is 52.5 Å². The van der Waals surface area contributed by atoms with Gasteiger partial charge in [-0.05, 0) is 64.9 Å². The summed E-state index contributed by atoms with van der Waals surface area (Å²) in [6, 6.07) is 13.3. The molecule has 1 saturated heterocycles. The molecule has 0 bridgehead atoms. The van der Waals surface area contributed by atoms with Crippen molar-refractivity contribution in [1.82, 2.24) is 4.90 Å². The number of nitrogens with one attached hydrogen (secondary N) is 1. The Bertz CT molecular complexity index is 756. The first kappa shape index (κ1) is 18.7. The minimum Gasteiger partial charge on any atom is -0.496 e. The summed E-state index contributed by atoms with van der Waals surface area (Å²) in [4.78, 5) is 17.3. The maximum absolute atomic E-state index is 12.4. The molecular weight excluding hydrogens is 394 g/mol. The Morgan fingerprint density at radius 1 is 1.12 bits per heavy atom. The van der Waals surface area contributed by atoms with E-state index in [-0.39, 0.29) is 5.91 Å². The number of rotatable bonds is 5. The number of carbonyl (C=O) groups is 1. The van der Waals surface area contributed by atoms with Gasteiger partial charge in [0.15, 0.2) is 0 Å². The Labute approximate surface area is 163 Å². The number of benzene rings is 2. The van der Waals surface area contributed by atoms with E-state index in [2.05, 4.69) is 50.1 Å². The average Bonchev–Trinajstić information content (AvgIpc) is 2.68. The zero-order valence-electron chi connectivity index (χ0n) is 15.2. The van der Waals surface area contributed by atoms with Crippen molar-refractivity contribution in [2.75, 3.05) is 50.1 Å². The summed E-state index contributed by atoms with van der Waals surface area (Å²) in [7, 11) is 1.60. The van der Waals surface area contributed by atoms with E-state index < -0.39 is 0 Å². The molecule has 0 radical (unpaired) electrons. The van der Waals surface area contributed by atoms with E-state index in [9.17, 15) is 4.79 Å². The van der Waals surface area contributed by atoms with Crippen LogP contribution in [0.25, 0.3) is 0 Å². The molecule has 2 aromatic rings. The van der Waals surface area contributed by atoms with Crippen LogP contribution in [0, 0.1) is 0 Å². The van der Waals surface area contributed by atoms with E-state index in [1.807, 2.05) is 12.1 Å². The molecule has 3 rings (SSSR count). The summed E-state index contributed by atoms with van der Waals surface area (Å²) < 4.78 is 5.95. The Morgan fingerprint density at radius 2 is 1.81 bits per heavy atom. The number of likely N-dealkylation sites (N-methyl/N-ethyl adjacent to an activating group) is 1. The Hall–Kier alpha value is -2.05. The van der Waals surface area contributed by atoms with Gasteiger partial charge in [0, 0.05) is 43.1 Å². The third-order valence-corrected chi connectivity index (χ3v) is 5.34. The molecule has 0 saturated carbocycles. The second kappa shape index (κ2) is 8.56. The van der Waals surface area contributed by atoms with E-state index in [0.29, 0.717) is 11.3 Å². The van der Waals surface area contributed by atoms with E-state index >= 15 is 0 Å². The fraction of sp³-hybridized carbons (Fsp3) is 0.350. The molecule has 1 aliphatic heterocycles. The molecule has 1 heterocycles. The number of nitrogens with zero attached hydrogens (tertiary/aromatic N) is 2. The normalized spacial score (nSPS) is 15.0. The van der Waals surface area contributed by atoms with Crippen molar-refractivity contribution in [2.45, 2.75) is 6.92 Å². The minimum atomic E-state index is -0.141. The SMILES string of the molecule is CCN1CCN(c2ccc(NC(=O)c3ccc(OC)c(Br)c3)cc2)CC1. The van der Waals surface area contributed by atoms with Crippen LogP contribution < -0.4 is 15.0 Å². The first-order chi connectivity index (χ1) is 12.6. The van der Waals surface area contributed by atoms with Gasteiger partial charge in [0.1, 0.15) is 5.75 Å². The maximum atomic E-state index is 12.4. The number of ether oxygens (including phenoxy) is 1. The first-order valence-electron chi connectivity index (χ1n) is 8.83. The number of hydrogen-bond acceptors (Lipinski definition) is 4. The average molecular weight is 418 g/mol. The monoisotopic (exact) mass is 417 g/mol. The van der Waals surface area contributed by atoms with Crippen LogP contribution in [0.3, 0.4) is 0 Å². The summed E-state index contributed by atoms with van der Waals surface area (Å²) in [5, 5.41) is 2.94. The number of carbonyl (C=O) groups excluding carboxylic acids is 1. The van der Waals surface area contributed by atoms with Gasteiger partial charge in [-0.2, -0.15) is 0 Å². The molecule has 1 N–H and O–H groups in total. The Kier molecular flexibility index (Phi) is 6.16. The number of methoxy groups -OCH3 is 1. The van der Waals surface area contributed by atoms with Crippen LogP contribution in [-0.2, 0) is 0 Å². The van der Waals surface area contributed by atoms with Crippen molar-refractivity contribution in [3.63, 3.8) is 0 Å². The molecule has 5 nitrogen and oxygen atoms in total. The zero-order valence-corrected chi connectivity index (χ0v) is 16.8. The standard InChI is InChI=1S/C20H24BrN3O2/c1-3-23-10-12-24(13-11-23)17-7-5-16(6-8-17)22-20(25)15-4-9-19(26-2)18(21)14-15/h4-9,14H,3,10-13H2,1-2H3,(H,22,25). The predicted octanol–water partition coefficient (Wildman–Crippen LogP) is 3.85. The zero-order chi connectivity index (χ0) is 18.5. The quantitative estimate of drug-likeness (QED) is 0.801. The summed E-state index contributed by atoms with van der Waals surface area (Å²) in [5.74, 6) is 0.562. The number of anilines is 2. The molecule has 1 amide bonds. The lowest BCUT2D eigenvalue weighted by Gasteiger charge is -2.35. The minimum absolute atomic E-state index is 0.141. The van der Waals surface area contributed by atoms with E-state index in [4.69, 9.17) is 4.74 Å². The van der Waals surface area contributed by atoms with E-state index in [1.54, 1.807) is 25.3 Å². The van der Waals surface area contributed by atoms with Crippen molar-refractivity contribution in [1.29, 1.82) is 0 Å². The highest BCUT2D eigenvalue weighted by Crippen LogP contribution is 2.26. The van der Waals surface area contributed by atoms with Gasteiger partial charge in [0.05, 0.1) is 11.6 Å². The van der Waals surface area contributed by atoms with Gasteiger partial charge in [0.2, 0.25) is 0 Å². The number of piperazine rings is 1. The smallest absolute Gasteiger partial charge is 0.255 e. The third-order valence-electron chi connectivity index (χ3n) is 4.72. The maximum Gasteiger partial charge on any atom is 0.255 e. The lowest BCUT2D eigenvalue weighted by molar-refractivity contribution is 0.102. The van der Waals surface area contributed by atoms with Gasteiger partial charge in [0.25, 0.3) is 5.91 Å². The molecule has 138 valence electrons. The lowest BCUT2D eigenvalue weighted by atomic mass is 10.2. The van der Waals surface area contributed by atoms with Crippen LogP contribution in [0.4, 0.5) is 11.4 Å². The largest absolute Gasteiger partial charge is 0.496 e. The van der Waals surface area contributed by atoms with Crippen molar-refractivity contribution in [2.24, 2.45) is 0 Å². The number of hydrogen-bond donors (Lipinski definition) is 1. The highest BCUT2D eigenvalue weighted by atomic mass is 79.9. The highest BCUT2D eigenvalue weighted by molar-refractivity contribution is 9.10. The van der Waals surface area contributed by atoms with Gasteiger partial charge in [-0.1, -0.05) is 6.92 Å². The van der Waals surface area contributed by atoms with Crippen LogP contribution in [0.1, 0.15) is 17.3 Å².